The van der Waals surface area contributed by atoms with Gasteiger partial charge in [0.15, 0.2) is 0 Å². The van der Waals surface area contributed by atoms with Crippen LogP contribution in [0.3, 0.4) is 0 Å². The molecule has 0 fully saturated rings. The first kappa shape index (κ1) is 14.1. The van der Waals surface area contributed by atoms with Gasteiger partial charge < -0.3 is 0 Å². The van der Waals surface area contributed by atoms with Gasteiger partial charge in [-0.1, -0.05) is 40.2 Å². The molecule has 20 heavy (non-hydrogen) atoms. The molecule has 1 aromatic heterocycles. The van der Waals surface area contributed by atoms with E-state index >= 15 is 0 Å². The maximum atomic E-state index is 12.8. The van der Waals surface area contributed by atoms with Crippen molar-refractivity contribution in [2.45, 2.75) is 4.90 Å². The van der Waals surface area contributed by atoms with E-state index in [-0.39, 0.29) is 4.90 Å². The van der Waals surface area contributed by atoms with Crippen LogP contribution in [-0.2, 0) is 10.0 Å². The SMILES string of the molecule is O=S(=O)(c1ccccc1)n1c(I)cc2c(Br)cccc21. The number of hydrogen-bond acceptors (Lipinski definition) is 2. The largest absolute Gasteiger partial charge is 0.269 e. The molecule has 0 aliphatic rings. The van der Waals surface area contributed by atoms with Gasteiger partial charge in [0.1, 0.15) is 0 Å². The molecule has 0 amide bonds. The van der Waals surface area contributed by atoms with E-state index in [1.807, 2.05) is 46.9 Å². The average molecular weight is 462 g/mol. The standard InChI is InChI=1S/C14H9BrINO2S/c15-12-7-4-8-13-11(12)9-14(16)17(13)20(18,19)10-5-2-1-3-6-10/h1-9H. The third kappa shape index (κ3) is 2.19. The predicted octanol–water partition coefficient (Wildman–Crippen LogP) is 4.25. The summed E-state index contributed by atoms with van der Waals surface area (Å²) in [6.45, 7) is 0. The molecule has 102 valence electrons. The zero-order valence-electron chi connectivity index (χ0n) is 10.1. The number of hydrogen-bond donors (Lipinski definition) is 0. The fourth-order valence-corrected chi connectivity index (χ4v) is 5.31. The minimum Gasteiger partial charge on any atom is -0.228 e. The van der Waals surface area contributed by atoms with E-state index in [4.69, 9.17) is 0 Å². The van der Waals surface area contributed by atoms with Crippen LogP contribution in [0.4, 0.5) is 0 Å². The van der Waals surface area contributed by atoms with Crippen molar-refractivity contribution in [3.63, 3.8) is 0 Å². The van der Waals surface area contributed by atoms with Crippen molar-refractivity contribution in [3.8, 4) is 0 Å². The second-order valence-corrected chi connectivity index (χ2v) is 7.97. The Balaban J connectivity index is 2.36. The van der Waals surface area contributed by atoms with E-state index in [1.54, 1.807) is 30.3 Å². The van der Waals surface area contributed by atoms with Gasteiger partial charge in [0.2, 0.25) is 0 Å². The van der Waals surface area contributed by atoms with Crippen molar-refractivity contribution in [2.24, 2.45) is 0 Å². The Morgan fingerprint density at radius 2 is 1.70 bits per heavy atom. The van der Waals surface area contributed by atoms with Gasteiger partial charge in [-0.3, -0.25) is 0 Å². The zero-order chi connectivity index (χ0) is 14.3. The lowest BCUT2D eigenvalue weighted by Gasteiger charge is -2.09. The van der Waals surface area contributed by atoms with Gasteiger partial charge in [0, 0.05) is 9.86 Å². The van der Waals surface area contributed by atoms with Gasteiger partial charge >= 0.3 is 0 Å². The number of rotatable bonds is 2. The summed E-state index contributed by atoms with van der Waals surface area (Å²) in [6.07, 6.45) is 0. The minimum atomic E-state index is -3.58. The smallest absolute Gasteiger partial charge is 0.228 e. The second-order valence-electron chi connectivity index (χ2n) is 4.22. The van der Waals surface area contributed by atoms with Gasteiger partial charge in [0.25, 0.3) is 10.0 Å². The third-order valence-electron chi connectivity index (χ3n) is 2.99. The molecule has 0 radical (unpaired) electrons. The van der Waals surface area contributed by atoms with Crippen LogP contribution in [-0.4, -0.2) is 12.4 Å². The molecule has 3 rings (SSSR count). The first-order valence-corrected chi connectivity index (χ1v) is 9.09. The van der Waals surface area contributed by atoms with Gasteiger partial charge in [-0.05, 0) is 52.9 Å². The van der Waals surface area contributed by atoms with E-state index in [2.05, 4.69) is 15.9 Å². The van der Waals surface area contributed by atoms with Crippen LogP contribution in [0.15, 0.2) is 64.0 Å². The monoisotopic (exact) mass is 461 g/mol. The summed E-state index contributed by atoms with van der Waals surface area (Å²) in [5.41, 5.74) is 0.674. The average Bonchev–Trinajstić information content (AvgIpc) is 2.78. The van der Waals surface area contributed by atoms with Crippen molar-refractivity contribution in [1.29, 1.82) is 0 Å². The van der Waals surface area contributed by atoms with Gasteiger partial charge in [0.05, 0.1) is 14.1 Å². The van der Waals surface area contributed by atoms with Crippen LogP contribution in [0.1, 0.15) is 0 Å². The molecule has 3 aromatic rings. The van der Waals surface area contributed by atoms with Crippen molar-refractivity contribution < 1.29 is 8.42 Å². The fraction of sp³-hybridized carbons (Fsp3) is 0. The van der Waals surface area contributed by atoms with Crippen LogP contribution in [0.25, 0.3) is 10.9 Å². The summed E-state index contributed by atoms with van der Waals surface area (Å²) >= 11 is 5.50. The Labute approximate surface area is 138 Å². The molecule has 1 heterocycles. The molecule has 0 aliphatic carbocycles. The number of fused-ring (bicyclic) bond motifs is 1. The third-order valence-corrected chi connectivity index (χ3v) is 6.54. The minimum absolute atomic E-state index is 0.287. The van der Waals surface area contributed by atoms with Crippen LogP contribution < -0.4 is 0 Å². The molecule has 0 saturated carbocycles. The highest BCUT2D eigenvalue weighted by Gasteiger charge is 2.22. The molecular weight excluding hydrogens is 453 g/mol. The number of benzene rings is 2. The highest BCUT2D eigenvalue weighted by Crippen LogP contribution is 2.31. The van der Waals surface area contributed by atoms with Crippen molar-refractivity contribution in [3.05, 3.63) is 62.8 Å². The van der Waals surface area contributed by atoms with E-state index < -0.39 is 10.0 Å². The molecule has 0 saturated heterocycles. The molecule has 2 aromatic carbocycles. The first-order chi connectivity index (χ1) is 9.51. The summed E-state index contributed by atoms with van der Waals surface area (Å²) in [5, 5.41) is 0.886. The lowest BCUT2D eigenvalue weighted by Crippen LogP contribution is -2.14. The number of nitrogens with zero attached hydrogens (tertiary/aromatic N) is 1. The molecule has 0 atom stereocenters. The predicted molar refractivity (Wildman–Crippen MR) is 91.4 cm³/mol. The summed E-state index contributed by atoms with van der Waals surface area (Å²) in [4.78, 5) is 0.287. The molecule has 0 N–H and O–H groups in total. The van der Waals surface area contributed by atoms with Crippen LogP contribution in [0.2, 0.25) is 0 Å². The molecule has 0 aliphatic heterocycles. The van der Waals surface area contributed by atoms with Crippen molar-refractivity contribution in [2.75, 3.05) is 0 Å². The first-order valence-electron chi connectivity index (χ1n) is 5.78. The highest BCUT2D eigenvalue weighted by atomic mass is 127. The quantitative estimate of drug-likeness (QED) is 0.535. The van der Waals surface area contributed by atoms with E-state index in [9.17, 15) is 8.42 Å². The van der Waals surface area contributed by atoms with E-state index in [1.165, 1.54) is 3.97 Å². The zero-order valence-corrected chi connectivity index (χ0v) is 14.7. The van der Waals surface area contributed by atoms with Crippen LogP contribution in [0, 0.1) is 3.70 Å². The summed E-state index contributed by atoms with van der Waals surface area (Å²) in [7, 11) is -3.58. The Hall–Kier alpha value is -0.860. The Bertz CT molecular complexity index is 888. The highest BCUT2D eigenvalue weighted by molar-refractivity contribution is 14.1. The van der Waals surface area contributed by atoms with Crippen LogP contribution in [0.5, 0.6) is 0 Å². The molecule has 0 spiro atoms. The van der Waals surface area contributed by atoms with Gasteiger partial charge in [-0.25, -0.2) is 12.4 Å². The normalized spacial score (nSPS) is 11.9. The summed E-state index contributed by atoms with van der Waals surface area (Å²) in [6, 6.07) is 15.9. The Morgan fingerprint density at radius 3 is 2.40 bits per heavy atom. The van der Waals surface area contributed by atoms with E-state index in [0.29, 0.717) is 9.22 Å². The van der Waals surface area contributed by atoms with E-state index in [0.717, 1.165) is 9.86 Å². The maximum absolute atomic E-state index is 12.8. The van der Waals surface area contributed by atoms with Crippen molar-refractivity contribution >= 4 is 59.4 Å². The van der Waals surface area contributed by atoms with Crippen molar-refractivity contribution in [1.82, 2.24) is 3.97 Å². The Kier molecular flexibility index (Phi) is 3.64. The molecule has 3 nitrogen and oxygen atoms in total. The molecule has 6 heteroatoms. The van der Waals surface area contributed by atoms with Gasteiger partial charge in [-0.2, -0.15) is 0 Å². The van der Waals surface area contributed by atoms with Gasteiger partial charge in [-0.15, -0.1) is 0 Å². The number of halogens is 2. The summed E-state index contributed by atoms with van der Waals surface area (Å²) in [5.74, 6) is 0. The Morgan fingerprint density at radius 1 is 1.00 bits per heavy atom. The maximum Gasteiger partial charge on any atom is 0.269 e. The topological polar surface area (TPSA) is 39.1 Å². The molecule has 0 bridgehead atoms. The molecule has 0 unspecified atom stereocenters. The fourth-order valence-electron chi connectivity index (χ4n) is 2.08. The summed E-state index contributed by atoms with van der Waals surface area (Å²) < 4.78 is 28.5. The molecular formula is C14H9BrINO2S. The second kappa shape index (κ2) is 5.16. The lowest BCUT2D eigenvalue weighted by atomic mass is 10.3. The lowest BCUT2D eigenvalue weighted by molar-refractivity contribution is 0.588. The van der Waals surface area contributed by atoms with Crippen LogP contribution >= 0.6 is 38.5 Å². The number of aromatic nitrogens is 1.